The van der Waals surface area contributed by atoms with Crippen molar-refractivity contribution in [2.45, 2.75) is 0 Å². The van der Waals surface area contributed by atoms with Crippen molar-refractivity contribution in [1.29, 1.82) is 0 Å². The van der Waals surface area contributed by atoms with Gasteiger partial charge in [0.25, 0.3) is 0 Å². The molecule has 3 nitrogen and oxygen atoms in total. The molecule has 14 heavy (non-hydrogen) atoms. The third-order valence-electron chi connectivity index (χ3n) is 1.60. The smallest absolute Gasteiger partial charge is 0.199 e. The molecule has 0 aliphatic carbocycles. The summed E-state index contributed by atoms with van der Waals surface area (Å²) < 4.78 is 0. The molecule has 0 bridgehead atoms. The second-order valence-corrected chi connectivity index (χ2v) is 3.22. The van der Waals surface area contributed by atoms with Crippen molar-refractivity contribution in [2.24, 2.45) is 5.16 Å². The quantitative estimate of drug-likeness (QED) is 0.376. The van der Waals surface area contributed by atoms with Crippen LogP contribution in [-0.4, -0.2) is 22.6 Å². The van der Waals surface area contributed by atoms with Gasteiger partial charge in [-0.05, 0) is 12.1 Å². The molecule has 1 aromatic carbocycles. The highest BCUT2D eigenvalue weighted by Gasteiger charge is 2.12. The SMILES string of the molecule is O=C(CCl)/C(=N/O)c1ccc(Cl)cc1. The van der Waals surface area contributed by atoms with Gasteiger partial charge in [0.2, 0.25) is 0 Å². The van der Waals surface area contributed by atoms with Gasteiger partial charge >= 0.3 is 0 Å². The van der Waals surface area contributed by atoms with Crippen molar-refractivity contribution in [2.75, 3.05) is 5.88 Å². The predicted molar refractivity (Wildman–Crippen MR) is 55.5 cm³/mol. The van der Waals surface area contributed by atoms with Gasteiger partial charge in [-0.25, -0.2) is 0 Å². The lowest BCUT2D eigenvalue weighted by Crippen LogP contribution is -2.16. The van der Waals surface area contributed by atoms with Crippen LogP contribution in [0.5, 0.6) is 0 Å². The molecule has 0 fully saturated rings. The monoisotopic (exact) mass is 231 g/mol. The average molecular weight is 232 g/mol. The van der Waals surface area contributed by atoms with E-state index in [1.165, 1.54) is 0 Å². The van der Waals surface area contributed by atoms with Crippen molar-refractivity contribution in [1.82, 2.24) is 0 Å². The summed E-state index contributed by atoms with van der Waals surface area (Å²) in [6, 6.07) is 6.37. The van der Waals surface area contributed by atoms with Crippen LogP contribution in [0.4, 0.5) is 0 Å². The third-order valence-corrected chi connectivity index (χ3v) is 2.10. The van der Waals surface area contributed by atoms with Crippen LogP contribution in [0.15, 0.2) is 29.4 Å². The zero-order chi connectivity index (χ0) is 10.6. The van der Waals surface area contributed by atoms with Crippen molar-refractivity contribution >= 4 is 34.7 Å². The van der Waals surface area contributed by atoms with Crippen LogP contribution in [0.1, 0.15) is 5.56 Å². The van der Waals surface area contributed by atoms with E-state index in [4.69, 9.17) is 28.4 Å². The maximum atomic E-state index is 11.2. The number of carbonyl (C=O) groups excluding carboxylic acids is 1. The number of alkyl halides is 1. The van der Waals surface area contributed by atoms with E-state index in [9.17, 15) is 4.79 Å². The summed E-state index contributed by atoms with van der Waals surface area (Å²) in [5.41, 5.74) is 0.430. The molecule has 0 atom stereocenters. The van der Waals surface area contributed by atoms with Crippen LogP contribution in [0.25, 0.3) is 0 Å². The highest BCUT2D eigenvalue weighted by atomic mass is 35.5. The Labute approximate surface area is 90.9 Å². The van der Waals surface area contributed by atoms with Gasteiger partial charge in [0.1, 0.15) is 0 Å². The Morgan fingerprint density at radius 3 is 2.36 bits per heavy atom. The number of benzene rings is 1. The van der Waals surface area contributed by atoms with Crippen LogP contribution in [0.3, 0.4) is 0 Å². The van der Waals surface area contributed by atoms with E-state index < -0.39 is 5.78 Å². The number of oxime groups is 1. The van der Waals surface area contributed by atoms with Gasteiger partial charge < -0.3 is 5.21 Å². The molecule has 0 saturated heterocycles. The van der Waals surface area contributed by atoms with Crippen LogP contribution >= 0.6 is 23.2 Å². The Morgan fingerprint density at radius 2 is 1.93 bits per heavy atom. The van der Waals surface area contributed by atoms with E-state index in [1.54, 1.807) is 24.3 Å². The first-order chi connectivity index (χ1) is 6.69. The second-order valence-electron chi connectivity index (χ2n) is 2.51. The number of Topliss-reactive ketones (excluding diaryl/α,β-unsaturated/α-hetero) is 1. The molecule has 0 radical (unpaired) electrons. The maximum absolute atomic E-state index is 11.2. The minimum atomic E-state index is -0.434. The summed E-state index contributed by atoms with van der Waals surface area (Å²) in [5, 5.41) is 12.1. The summed E-state index contributed by atoms with van der Waals surface area (Å²) in [4.78, 5) is 11.2. The lowest BCUT2D eigenvalue weighted by Gasteiger charge is -2.00. The molecule has 1 N–H and O–H groups in total. The molecule has 0 aliphatic rings. The molecule has 0 spiro atoms. The summed E-state index contributed by atoms with van der Waals surface area (Å²) in [7, 11) is 0. The van der Waals surface area contributed by atoms with Crippen LogP contribution in [-0.2, 0) is 4.79 Å². The van der Waals surface area contributed by atoms with Gasteiger partial charge in [0.15, 0.2) is 11.5 Å². The minimum absolute atomic E-state index is 0.0586. The largest absolute Gasteiger partial charge is 0.410 e. The zero-order valence-electron chi connectivity index (χ0n) is 7.08. The first-order valence-corrected chi connectivity index (χ1v) is 4.67. The Bertz CT molecular complexity index is 360. The number of halogens is 2. The zero-order valence-corrected chi connectivity index (χ0v) is 8.59. The highest BCUT2D eigenvalue weighted by molar-refractivity contribution is 6.53. The molecule has 5 heteroatoms. The number of ketones is 1. The molecular formula is C9H7Cl2NO2. The number of hydrogen-bond acceptors (Lipinski definition) is 3. The van der Waals surface area contributed by atoms with E-state index in [0.29, 0.717) is 10.6 Å². The van der Waals surface area contributed by atoms with Gasteiger partial charge in [0.05, 0.1) is 5.88 Å². The van der Waals surface area contributed by atoms with E-state index in [-0.39, 0.29) is 11.6 Å². The number of rotatable bonds is 3. The number of nitrogens with zero attached hydrogens (tertiary/aromatic N) is 1. The van der Waals surface area contributed by atoms with Crippen molar-refractivity contribution in [3.8, 4) is 0 Å². The topological polar surface area (TPSA) is 49.7 Å². The lowest BCUT2D eigenvalue weighted by atomic mass is 10.1. The fourth-order valence-corrected chi connectivity index (χ4v) is 1.20. The predicted octanol–water partition coefficient (Wildman–Crippen LogP) is 2.33. The summed E-state index contributed by atoms with van der Waals surface area (Å²) in [6.45, 7) is 0. The standard InChI is InChI=1S/C9H7Cl2NO2/c10-5-8(13)9(12-14)6-1-3-7(11)4-2-6/h1-4,14H,5H2/b12-9+. The highest BCUT2D eigenvalue weighted by Crippen LogP contribution is 2.11. The summed E-state index contributed by atoms with van der Waals surface area (Å²) >= 11 is 11.0. The van der Waals surface area contributed by atoms with Crippen molar-refractivity contribution in [3.05, 3.63) is 34.9 Å². The van der Waals surface area contributed by atoms with E-state index >= 15 is 0 Å². The minimum Gasteiger partial charge on any atom is -0.410 e. The molecule has 0 amide bonds. The molecular weight excluding hydrogens is 225 g/mol. The normalized spacial score (nSPS) is 11.4. The summed E-state index contributed by atoms with van der Waals surface area (Å²) in [6.07, 6.45) is 0. The number of hydrogen-bond donors (Lipinski definition) is 1. The Kier molecular flexibility index (Phi) is 3.92. The Morgan fingerprint density at radius 1 is 1.36 bits per heavy atom. The van der Waals surface area contributed by atoms with Gasteiger partial charge in [-0.15, -0.1) is 11.6 Å². The molecule has 0 aromatic heterocycles. The molecule has 0 saturated carbocycles. The fraction of sp³-hybridized carbons (Fsp3) is 0.111. The molecule has 0 unspecified atom stereocenters. The van der Waals surface area contributed by atoms with Crippen LogP contribution < -0.4 is 0 Å². The van der Waals surface area contributed by atoms with E-state index in [1.807, 2.05) is 0 Å². The van der Waals surface area contributed by atoms with Crippen molar-refractivity contribution < 1.29 is 10.0 Å². The van der Waals surface area contributed by atoms with Crippen LogP contribution in [0, 0.1) is 0 Å². The maximum Gasteiger partial charge on any atom is 0.199 e. The van der Waals surface area contributed by atoms with Gasteiger partial charge in [-0.3, -0.25) is 4.79 Å². The Balaban J connectivity index is 3.03. The Hall–Kier alpha value is -1.06. The average Bonchev–Trinajstić information content (AvgIpc) is 2.21. The molecule has 1 rings (SSSR count). The molecule has 0 aliphatic heterocycles. The first kappa shape index (κ1) is 11.0. The van der Waals surface area contributed by atoms with E-state index in [2.05, 4.69) is 5.16 Å². The summed E-state index contributed by atoms with van der Waals surface area (Å²) in [5.74, 6) is -0.654. The number of carbonyl (C=O) groups is 1. The fourth-order valence-electron chi connectivity index (χ4n) is 0.946. The van der Waals surface area contributed by atoms with Gasteiger partial charge in [-0.2, -0.15) is 0 Å². The van der Waals surface area contributed by atoms with Crippen LogP contribution in [0.2, 0.25) is 5.02 Å². The molecule has 0 heterocycles. The van der Waals surface area contributed by atoms with E-state index in [0.717, 1.165) is 0 Å². The molecule has 1 aromatic rings. The van der Waals surface area contributed by atoms with Gasteiger partial charge in [-0.1, -0.05) is 28.9 Å². The second kappa shape index (κ2) is 4.98. The molecule has 74 valence electrons. The first-order valence-electron chi connectivity index (χ1n) is 3.76. The van der Waals surface area contributed by atoms with Gasteiger partial charge in [0, 0.05) is 10.6 Å². The van der Waals surface area contributed by atoms with Crippen molar-refractivity contribution in [3.63, 3.8) is 0 Å². The third kappa shape index (κ3) is 2.47. The lowest BCUT2D eigenvalue weighted by molar-refractivity contribution is -0.110.